The average Bonchev–Trinajstić information content (AvgIpc) is 3.47. The first-order valence-corrected chi connectivity index (χ1v) is 10.7. The van der Waals surface area contributed by atoms with E-state index in [-0.39, 0.29) is 18.5 Å². The molecule has 12 heteroatoms. The first-order valence-electron chi connectivity index (χ1n) is 10.7. The lowest BCUT2D eigenvalue weighted by Gasteiger charge is -2.46. The van der Waals surface area contributed by atoms with Crippen molar-refractivity contribution in [3.05, 3.63) is 35.4 Å². The molecule has 2 fully saturated rings. The Morgan fingerprint density at radius 1 is 1.12 bits per heavy atom. The number of cyclic esters (lactones) is 1. The summed E-state index contributed by atoms with van der Waals surface area (Å²) in [5.74, 6) is 0.160. The summed E-state index contributed by atoms with van der Waals surface area (Å²) >= 11 is 0. The van der Waals surface area contributed by atoms with Crippen LogP contribution in [0.1, 0.15) is 25.5 Å². The molecule has 5 rings (SSSR count). The Morgan fingerprint density at radius 2 is 1.97 bits per heavy atom. The molecule has 0 aromatic carbocycles. The Kier molecular flexibility index (Phi) is 5.39. The number of morpholine rings is 1. The Morgan fingerprint density at radius 3 is 2.62 bits per heavy atom. The van der Waals surface area contributed by atoms with Gasteiger partial charge in [0.25, 0.3) is 5.91 Å². The second kappa shape index (κ2) is 8.36. The molecule has 0 N–H and O–H groups in total. The Balaban J connectivity index is 1.17. The lowest BCUT2D eigenvalue weighted by atomic mass is 9.88. The Hall–Kier alpha value is -3.25. The number of amides is 1. The van der Waals surface area contributed by atoms with Crippen molar-refractivity contribution in [3.63, 3.8) is 0 Å². The van der Waals surface area contributed by atoms with Crippen molar-refractivity contribution in [2.24, 2.45) is 0 Å². The van der Waals surface area contributed by atoms with Crippen LogP contribution in [-0.4, -0.2) is 97.1 Å². The zero-order valence-corrected chi connectivity index (χ0v) is 17.8. The summed E-state index contributed by atoms with van der Waals surface area (Å²) in [6.45, 7) is 5.10. The maximum atomic E-state index is 13.3. The Bertz CT molecular complexity index is 1030. The molecule has 0 saturated carbocycles. The van der Waals surface area contributed by atoms with E-state index < -0.39 is 5.60 Å². The van der Waals surface area contributed by atoms with Gasteiger partial charge in [-0.15, -0.1) is 10.2 Å². The van der Waals surface area contributed by atoms with E-state index in [9.17, 15) is 9.59 Å². The first-order chi connectivity index (χ1) is 15.6. The average molecular weight is 440 g/mol. The summed E-state index contributed by atoms with van der Waals surface area (Å²) < 4.78 is 12.6. The third-order valence-electron chi connectivity index (χ3n) is 6.37. The number of tetrazole rings is 1. The Labute approximate surface area is 184 Å². The van der Waals surface area contributed by atoms with E-state index in [0.717, 1.165) is 31.7 Å². The highest BCUT2D eigenvalue weighted by Gasteiger charge is 2.49. The van der Waals surface area contributed by atoms with Gasteiger partial charge in [-0.2, -0.15) is 9.78 Å². The monoisotopic (exact) mass is 440 g/mol. The molecule has 2 aromatic rings. The molecule has 168 valence electrons. The van der Waals surface area contributed by atoms with E-state index in [1.54, 1.807) is 11.8 Å². The molecule has 0 atom stereocenters. The highest BCUT2D eigenvalue weighted by molar-refractivity contribution is 5.94. The van der Waals surface area contributed by atoms with Gasteiger partial charge in [-0.3, -0.25) is 4.79 Å². The number of rotatable bonds is 5. The van der Waals surface area contributed by atoms with E-state index in [0.29, 0.717) is 43.1 Å². The predicted octanol–water partition coefficient (Wildman–Crippen LogP) is -0.481. The fourth-order valence-electron chi connectivity index (χ4n) is 4.39. The second-order valence-electron chi connectivity index (χ2n) is 8.18. The molecule has 1 spiro atoms. The summed E-state index contributed by atoms with van der Waals surface area (Å²) in [5, 5.41) is 19.4. The molecule has 32 heavy (non-hydrogen) atoms. The van der Waals surface area contributed by atoms with Crippen molar-refractivity contribution in [2.45, 2.75) is 31.8 Å². The maximum absolute atomic E-state index is 13.3. The minimum absolute atomic E-state index is 0.0555. The lowest BCUT2D eigenvalue weighted by Crippen LogP contribution is -2.60. The van der Waals surface area contributed by atoms with Gasteiger partial charge in [0, 0.05) is 32.6 Å². The minimum atomic E-state index is -0.818. The van der Waals surface area contributed by atoms with Crippen LogP contribution >= 0.6 is 0 Å². The number of piperidine rings is 1. The number of esters is 1. The van der Waals surface area contributed by atoms with Gasteiger partial charge >= 0.3 is 5.97 Å². The van der Waals surface area contributed by atoms with Gasteiger partial charge in [-0.1, -0.05) is 0 Å². The smallest absolute Gasteiger partial charge is 0.336 e. The van der Waals surface area contributed by atoms with Crippen LogP contribution < -0.4 is 0 Å². The molecule has 2 saturated heterocycles. The van der Waals surface area contributed by atoms with Crippen LogP contribution in [0.15, 0.2) is 29.7 Å². The van der Waals surface area contributed by atoms with E-state index >= 15 is 0 Å². The number of likely N-dealkylation sites (tertiary alicyclic amines) is 1. The van der Waals surface area contributed by atoms with E-state index in [1.165, 1.54) is 11.0 Å². The van der Waals surface area contributed by atoms with Crippen molar-refractivity contribution >= 4 is 11.9 Å². The van der Waals surface area contributed by atoms with Gasteiger partial charge in [0.2, 0.25) is 0 Å². The second-order valence-corrected chi connectivity index (χ2v) is 8.18. The highest BCUT2D eigenvalue weighted by atomic mass is 16.5. The number of carbonyl (C=O) groups is 2. The van der Waals surface area contributed by atoms with Crippen molar-refractivity contribution in [3.8, 4) is 5.82 Å². The van der Waals surface area contributed by atoms with Crippen LogP contribution in [0.4, 0.5) is 0 Å². The maximum Gasteiger partial charge on any atom is 0.336 e. The van der Waals surface area contributed by atoms with Gasteiger partial charge in [-0.05, 0) is 42.3 Å². The van der Waals surface area contributed by atoms with E-state index in [4.69, 9.17) is 9.47 Å². The van der Waals surface area contributed by atoms with Crippen molar-refractivity contribution in [1.82, 2.24) is 40.2 Å². The SMILES string of the molecule is CC1=C(N2CCOC3(CCN(CCc4ccc(-n5cnnn5)nn4)CC3)C2=O)COC1=O. The van der Waals surface area contributed by atoms with Crippen molar-refractivity contribution < 1.29 is 19.1 Å². The minimum Gasteiger partial charge on any atom is -0.456 e. The number of aromatic nitrogens is 6. The zero-order valence-electron chi connectivity index (χ0n) is 17.8. The third kappa shape index (κ3) is 3.75. The van der Waals surface area contributed by atoms with Gasteiger partial charge in [0.1, 0.15) is 18.5 Å². The summed E-state index contributed by atoms with van der Waals surface area (Å²) in [6, 6.07) is 3.75. The first kappa shape index (κ1) is 20.6. The molecular formula is C20H24N8O4. The number of nitrogens with zero attached hydrogens (tertiary/aromatic N) is 8. The van der Waals surface area contributed by atoms with Gasteiger partial charge < -0.3 is 19.3 Å². The molecule has 0 aliphatic carbocycles. The molecule has 5 heterocycles. The number of ether oxygens (including phenoxy) is 2. The number of carbonyl (C=O) groups excluding carboxylic acids is 2. The van der Waals surface area contributed by atoms with Crippen molar-refractivity contribution in [2.75, 3.05) is 39.4 Å². The van der Waals surface area contributed by atoms with Crippen LogP contribution in [0.3, 0.4) is 0 Å². The van der Waals surface area contributed by atoms with Crippen LogP contribution in [0.5, 0.6) is 0 Å². The fourth-order valence-corrected chi connectivity index (χ4v) is 4.39. The van der Waals surface area contributed by atoms with E-state index in [1.807, 2.05) is 12.1 Å². The third-order valence-corrected chi connectivity index (χ3v) is 6.37. The van der Waals surface area contributed by atoms with Gasteiger partial charge in [0.15, 0.2) is 5.82 Å². The summed E-state index contributed by atoms with van der Waals surface area (Å²) in [4.78, 5) is 29.0. The van der Waals surface area contributed by atoms with Crippen LogP contribution in [0, 0.1) is 0 Å². The summed E-state index contributed by atoms with van der Waals surface area (Å²) in [5.41, 5.74) is 1.25. The lowest BCUT2D eigenvalue weighted by molar-refractivity contribution is -0.177. The van der Waals surface area contributed by atoms with Gasteiger partial charge in [0.05, 0.1) is 23.6 Å². The summed E-state index contributed by atoms with van der Waals surface area (Å²) in [6.07, 6.45) is 3.46. The molecule has 0 bridgehead atoms. The molecule has 12 nitrogen and oxygen atoms in total. The standard InChI is InChI=1S/C20H24N8O4/c1-14-16(12-31-18(14)29)27-10-11-32-20(19(27)30)5-8-26(9-6-20)7-4-15-2-3-17(23-22-15)28-13-21-24-25-28/h2-3,13H,4-12H2,1H3. The highest BCUT2D eigenvalue weighted by Crippen LogP contribution is 2.34. The largest absolute Gasteiger partial charge is 0.456 e. The molecule has 1 amide bonds. The fraction of sp³-hybridized carbons (Fsp3) is 0.550. The quantitative estimate of drug-likeness (QED) is 0.562. The molecule has 3 aliphatic heterocycles. The van der Waals surface area contributed by atoms with Crippen LogP contribution in [0.2, 0.25) is 0 Å². The normalized spacial score (nSPS) is 21.5. The van der Waals surface area contributed by atoms with Gasteiger partial charge in [-0.25, -0.2) is 4.79 Å². The predicted molar refractivity (Wildman–Crippen MR) is 108 cm³/mol. The summed E-state index contributed by atoms with van der Waals surface area (Å²) in [7, 11) is 0. The van der Waals surface area contributed by atoms with Crippen LogP contribution in [-0.2, 0) is 25.5 Å². The van der Waals surface area contributed by atoms with Crippen molar-refractivity contribution in [1.29, 1.82) is 0 Å². The molecular weight excluding hydrogens is 416 g/mol. The van der Waals surface area contributed by atoms with Crippen LogP contribution in [0.25, 0.3) is 5.82 Å². The number of hydrogen-bond donors (Lipinski definition) is 0. The molecule has 3 aliphatic rings. The number of hydrogen-bond acceptors (Lipinski definition) is 10. The molecule has 0 unspecified atom stereocenters. The topological polar surface area (TPSA) is 128 Å². The van der Waals surface area contributed by atoms with E-state index in [2.05, 4.69) is 30.6 Å². The molecule has 2 aromatic heterocycles. The molecule has 0 radical (unpaired) electrons. The zero-order chi connectivity index (χ0) is 22.1.